The van der Waals surface area contributed by atoms with Crippen molar-refractivity contribution >= 4 is 5.78 Å². The van der Waals surface area contributed by atoms with Gasteiger partial charge in [-0.2, -0.15) is 0 Å². The maximum Gasteiger partial charge on any atom is 0.197 e. The molecule has 0 N–H and O–H groups in total. The predicted octanol–water partition coefficient (Wildman–Crippen LogP) is 1.97. The third-order valence-corrected chi connectivity index (χ3v) is 3.40. The van der Waals surface area contributed by atoms with E-state index in [-0.39, 0.29) is 11.9 Å². The number of ketones is 1. The van der Waals surface area contributed by atoms with Crippen LogP contribution in [0.5, 0.6) is 0 Å². The Labute approximate surface area is 82.9 Å². The molecule has 14 heavy (non-hydrogen) atoms. The molecule has 2 aliphatic rings. The van der Waals surface area contributed by atoms with Gasteiger partial charge in [0.25, 0.3) is 0 Å². The highest BCUT2D eigenvalue weighted by Crippen LogP contribution is 2.46. The summed E-state index contributed by atoms with van der Waals surface area (Å²) >= 11 is 0. The van der Waals surface area contributed by atoms with E-state index in [1.807, 2.05) is 31.2 Å². The fourth-order valence-corrected chi connectivity index (χ4v) is 2.40. The summed E-state index contributed by atoms with van der Waals surface area (Å²) in [6, 6.07) is 7.85. The highest BCUT2D eigenvalue weighted by Gasteiger charge is 2.60. The van der Waals surface area contributed by atoms with Gasteiger partial charge in [-0.05, 0) is 25.3 Å². The second kappa shape index (κ2) is 2.45. The molecule has 1 saturated heterocycles. The van der Waals surface area contributed by atoms with Gasteiger partial charge in [0.05, 0.1) is 6.10 Å². The van der Waals surface area contributed by atoms with Crippen molar-refractivity contribution in [3.63, 3.8) is 0 Å². The quantitative estimate of drug-likeness (QED) is 0.582. The lowest BCUT2D eigenvalue weighted by Gasteiger charge is -2.20. The van der Waals surface area contributed by atoms with Crippen molar-refractivity contribution in [2.75, 3.05) is 0 Å². The van der Waals surface area contributed by atoms with Gasteiger partial charge in [-0.25, -0.2) is 0 Å². The molecule has 1 aromatic rings. The number of hydrogen-bond acceptors (Lipinski definition) is 2. The van der Waals surface area contributed by atoms with Gasteiger partial charge in [-0.3, -0.25) is 4.79 Å². The number of benzene rings is 1. The fraction of sp³-hybridized carbons (Fsp3) is 0.417. The zero-order valence-corrected chi connectivity index (χ0v) is 8.12. The van der Waals surface area contributed by atoms with Gasteiger partial charge >= 0.3 is 0 Å². The van der Waals surface area contributed by atoms with Crippen molar-refractivity contribution in [3.05, 3.63) is 35.4 Å². The molecule has 2 atom stereocenters. The summed E-state index contributed by atoms with van der Waals surface area (Å²) in [6.45, 7) is 1.98. The minimum Gasteiger partial charge on any atom is -0.358 e. The molecule has 0 aromatic heterocycles. The second-order valence-corrected chi connectivity index (χ2v) is 4.14. The monoisotopic (exact) mass is 188 g/mol. The third kappa shape index (κ3) is 0.867. The number of carbonyl (C=O) groups is 1. The van der Waals surface area contributed by atoms with E-state index in [2.05, 4.69) is 0 Å². The van der Waals surface area contributed by atoms with Gasteiger partial charge in [-0.1, -0.05) is 24.3 Å². The van der Waals surface area contributed by atoms with Gasteiger partial charge in [0.1, 0.15) is 0 Å². The van der Waals surface area contributed by atoms with Crippen molar-refractivity contribution in [1.29, 1.82) is 0 Å². The van der Waals surface area contributed by atoms with Crippen LogP contribution in [0.3, 0.4) is 0 Å². The average Bonchev–Trinajstić information content (AvgIpc) is 2.86. The lowest BCUT2D eigenvalue weighted by Crippen LogP contribution is -2.32. The van der Waals surface area contributed by atoms with Crippen LogP contribution in [-0.4, -0.2) is 17.5 Å². The molecule has 0 saturated carbocycles. The molecule has 1 aromatic carbocycles. The zero-order chi connectivity index (χ0) is 9.76. The molecule has 1 heterocycles. The molecular weight excluding hydrogens is 176 g/mol. The Morgan fingerprint density at radius 1 is 1.43 bits per heavy atom. The van der Waals surface area contributed by atoms with Gasteiger partial charge in [0.2, 0.25) is 0 Å². The normalized spacial score (nSPS) is 34.4. The Morgan fingerprint density at radius 3 is 2.86 bits per heavy atom. The summed E-state index contributed by atoms with van der Waals surface area (Å²) < 4.78 is 5.46. The van der Waals surface area contributed by atoms with Crippen LogP contribution in [0, 0.1) is 0 Å². The molecule has 3 rings (SSSR count). The van der Waals surface area contributed by atoms with E-state index in [4.69, 9.17) is 4.74 Å². The van der Waals surface area contributed by atoms with E-state index in [9.17, 15) is 4.79 Å². The van der Waals surface area contributed by atoms with Crippen molar-refractivity contribution in [2.24, 2.45) is 0 Å². The first-order chi connectivity index (χ1) is 6.74. The van der Waals surface area contributed by atoms with Crippen LogP contribution in [0.15, 0.2) is 24.3 Å². The summed E-state index contributed by atoms with van der Waals surface area (Å²) in [4.78, 5) is 12.1. The van der Waals surface area contributed by atoms with Gasteiger partial charge < -0.3 is 4.74 Å². The molecule has 1 aliphatic heterocycles. The van der Waals surface area contributed by atoms with Gasteiger partial charge in [0, 0.05) is 5.56 Å². The molecule has 1 spiro atoms. The number of epoxide rings is 1. The van der Waals surface area contributed by atoms with Gasteiger partial charge in [-0.15, -0.1) is 0 Å². The largest absolute Gasteiger partial charge is 0.358 e. The van der Waals surface area contributed by atoms with Crippen LogP contribution >= 0.6 is 0 Å². The number of hydrogen-bond donors (Lipinski definition) is 0. The lowest BCUT2D eigenvalue weighted by atomic mass is 9.81. The molecule has 0 unspecified atom stereocenters. The number of rotatable bonds is 0. The Hall–Kier alpha value is -1.15. The molecule has 2 heteroatoms. The molecule has 1 fully saturated rings. The third-order valence-electron chi connectivity index (χ3n) is 3.40. The molecule has 2 nitrogen and oxygen atoms in total. The molecular formula is C12H12O2. The van der Waals surface area contributed by atoms with E-state index in [0.29, 0.717) is 0 Å². The van der Waals surface area contributed by atoms with E-state index >= 15 is 0 Å². The van der Waals surface area contributed by atoms with Crippen molar-refractivity contribution in [2.45, 2.75) is 31.5 Å². The maximum absolute atomic E-state index is 12.1. The zero-order valence-electron chi connectivity index (χ0n) is 8.12. The maximum atomic E-state index is 12.1. The highest BCUT2D eigenvalue weighted by atomic mass is 16.6. The SMILES string of the molecule is C[C@@H]1O[C@]12CCc1ccccc1C2=O. The van der Waals surface area contributed by atoms with Crippen LogP contribution in [0.25, 0.3) is 0 Å². The van der Waals surface area contributed by atoms with E-state index in [1.165, 1.54) is 5.56 Å². The van der Waals surface area contributed by atoms with E-state index in [0.717, 1.165) is 18.4 Å². The summed E-state index contributed by atoms with van der Waals surface area (Å²) in [6.07, 6.45) is 1.93. The summed E-state index contributed by atoms with van der Waals surface area (Å²) in [7, 11) is 0. The highest BCUT2D eigenvalue weighted by molar-refractivity contribution is 6.06. The summed E-state index contributed by atoms with van der Waals surface area (Å²) in [5.41, 5.74) is 1.59. The summed E-state index contributed by atoms with van der Waals surface area (Å²) in [5, 5.41) is 0. The first-order valence-corrected chi connectivity index (χ1v) is 5.04. The molecule has 0 radical (unpaired) electrons. The molecule has 72 valence electrons. The van der Waals surface area contributed by atoms with E-state index in [1.54, 1.807) is 0 Å². The minimum atomic E-state index is -0.450. The predicted molar refractivity (Wildman–Crippen MR) is 52.4 cm³/mol. The summed E-state index contributed by atoms with van der Waals surface area (Å²) in [5.74, 6) is 0.187. The van der Waals surface area contributed by atoms with Crippen LogP contribution < -0.4 is 0 Å². The fourth-order valence-electron chi connectivity index (χ4n) is 2.40. The first kappa shape index (κ1) is 8.18. The Balaban J connectivity index is 2.09. The first-order valence-electron chi connectivity index (χ1n) is 5.04. The van der Waals surface area contributed by atoms with Crippen LogP contribution in [0.4, 0.5) is 0 Å². The molecule has 0 amide bonds. The number of fused-ring (bicyclic) bond motifs is 1. The second-order valence-electron chi connectivity index (χ2n) is 4.14. The Kier molecular flexibility index (Phi) is 1.43. The minimum absolute atomic E-state index is 0.114. The van der Waals surface area contributed by atoms with Crippen molar-refractivity contribution in [3.8, 4) is 0 Å². The number of carbonyl (C=O) groups excluding carboxylic acids is 1. The van der Waals surface area contributed by atoms with Crippen LogP contribution in [-0.2, 0) is 11.2 Å². The van der Waals surface area contributed by atoms with Gasteiger partial charge in [0.15, 0.2) is 11.4 Å². The van der Waals surface area contributed by atoms with Crippen LogP contribution in [0.2, 0.25) is 0 Å². The standard InChI is InChI=1S/C12H12O2/c1-8-12(14-8)7-6-9-4-2-3-5-10(9)11(12)13/h2-5,8H,6-7H2,1H3/t8-,12+/m0/s1. The van der Waals surface area contributed by atoms with Crippen molar-refractivity contribution in [1.82, 2.24) is 0 Å². The number of aryl methyl sites for hydroxylation is 1. The smallest absolute Gasteiger partial charge is 0.197 e. The van der Waals surface area contributed by atoms with Crippen LogP contribution in [0.1, 0.15) is 29.3 Å². The Morgan fingerprint density at radius 2 is 2.14 bits per heavy atom. The Bertz CT molecular complexity index is 411. The van der Waals surface area contributed by atoms with E-state index < -0.39 is 5.60 Å². The molecule has 0 bridgehead atoms. The number of ether oxygens (including phenoxy) is 1. The topological polar surface area (TPSA) is 29.6 Å². The lowest BCUT2D eigenvalue weighted by molar-refractivity contribution is 0.0850. The average molecular weight is 188 g/mol. The molecule has 1 aliphatic carbocycles. The van der Waals surface area contributed by atoms with Crippen molar-refractivity contribution < 1.29 is 9.53 Å². The number of Topliss-reactive ketones (excluding diaryl/α,β-unsaturated/α-hetero) is 1.